The molecule has 1 aromatic carbocycles. The molecule has 0 fully saturated rings. The number of fused-ring (bicyclic) bond motifs is 1. The van der Waals surface area contributed by atoms with Crippen molar-refractivity contribution in [1.29, 1.82) is 0 Å². The van der Waals surface area contributed by atoms with Gasteiger partial charge in [-0.15, -0.1) is 5.10 Å². The highest BCUT2D eigenvalue weighted by Crippen LogP contribution is 2.29. The Hall–Kier alpha value is -3.23. The van der Waals surface area contributed by atoms with E-state index in [4.69, 9.17) is 4.74 Å². The summed E-state index contributed by atoms with van der Waals surface area (Å²) < 4.78 is 43.3. The topological polar surface area (TPSA) is 84.9 Å². The van der Waals surface area contributed by atoms with Crippen molar-refractivity contribution in [3.8, 4) is 5.88 Å². The van der Waals surface area contributed by atoms with Gasteiger partial charge in [-0.2, -0.15) is 13.2 Å². The van der Waals surface area contributed by atoms with E-state index in [0.29, 0.717) is 5.39 Å². The molecule has 0 unspecified atom stereocenters. The summed E-state index contributed by atoms with van der Waals surface area (Å²) in [5.74, 6) is -0.312. The van der Waals surface area contributed by atoms with Gasteiger partial charge in [0.2, 0.25) is 5.88 Å². The smallest absolute Gasteiger partial charge is 0.416 e. The molecule has 0 aliphatic heterocycles. The second-order valence-electron chi connectivity index (χ2n) is 5.46. The van der Waals surface area contributed by atoms with Crippen LogP contribution in [0, 0.1) is 0 Å². The molecule has 2 aromatic heterocycles. The first-order chi connectivity index (χ1) is 12.3. The van der Waals surface area contributed by atoms with Crippen LogP contribution in [-0.2, 0) is 12.6 Å². The minimum absolute atomic E-state index is 0.000853. The summed E-state index contributed by atoms with van der Waals surface area (Å²) in [6, 6.07) is 5.96. The number of hydrogen-bond donors (Lipinski definition) is 1. The van der Waals surface area contributed by atoms with Crippen LogP contribution in [0.3, 0.4) is 0 Å². The maximum Gasteiger partial charge on any atom is 0.416 e. The van der Waals surface area contributed by atoms with Gasteiger partial charge in [-0.25, -0.2) is 5.10 Å². The van der Waals surface area contributed by atoms with E-state index in [1.807, 2.05) is 0 Å². The van der Waals surface area contributed by atoms with Crippen LogP contribution in [0.25, 0.3) is 10.8 Å². The number of ketones is 1. The van der Waals surface area contributed by atoms with Gasteiger partial charge in [-0.3, -0.25) is 14.6 Å². The lowest BCUT2D eigenvalue weighted by molar-refractivity contribution is -0.137. The maximum atomic E-state index is 12.8. The molecule has 2 heterocycles. The highest BCUT2D eigenvalue weighted by Gasteiger charge is 2.30. The van der Waals surface area contributed by atoms with E-state index in [0.717, 1.165) is 18.3 Å². The van der Waals surface area contributed by atoms with Crippen molar-refractivity contribution in [2.75, 3.05) is 7.11 Å². The normalized spacial score (nSPS) is 11.5. The average molecular weight is 363 g/mol. The number of halogens is 3. The van der Waals surface area contributed by atoms with Gasteiger partial charge in [-0.1, -0.05) is 6.07 Å². The zero-order valence-electron chi connectivity index (χ0n) is 13.4. The number of ether oxygens (including phenoxy) is 1. The molecule has 0 aliphatic carbocycles. The van der Waals surface area contributed by atoms with Crippen LogP contribution in [0.15, 0.2) is 41.3 Å². The number of carbonyl (C=O) groups is 1. The first-order valence-electron chi connectivity index (χ1n) is 7.41. The van der Waals surface area contributed by atoms with Crippen molar-refractivity contribution >= 4 is 16.6 Å². The Morgan fingerprint density at radius 2 is 1.96 bits per heavy atom. The highest BCUT2D eigenvalue weighted by atomic mass is 19.4. The molecule has 0 aliphatic rings. The van der Waals surface area contributed by atoms with Crippen LogP contribution in [0.1, 0.15) is 21.6 Å². The van der Waals surface area contributed by atoms with Gasteiger partial charge in [0, 0.05) is 17.5 Å². The monoisotopic (exact) mass is 363 g/mol. The third kappa shape index (κ3) is 3.41. The number of nitrogens with zero attached hydrogens (tertiary/aromatic N) is 2. The Labute approximate surface area is 144 Å². The first-order valence-corrected chi connectivity index (χ1v) is 7.41. The molecule has 134 valence electrons. The Bertz CT molecular complexity index is 1040. The minimum atomic E-state index is -4.51. The number of carbonyl (C=O) groups excluding carboxylic acids is 1. The molecule has 1 N–H and O–H groups in total. The van der Waals surface area contributed by atoms with Gasteiger partial charge >= 0.3 is 6.18 Å². The van der Waals surface area contributed by atoms with Crippen LogP contribution in [0.4, 0.5) is 13.2 Å². The fourth-order valence-electron chi connectivity index (χ4n) is 2.49. The van der Waals surface area contributed by atoms with Crippen molar-refractivity contribution < 1.29 is 22.7 Å². The molecule has 0 atom stereocenters. The summed E-state index contributed by atoms with van der Waals surface area (Å²) in [4.78, 5) is 28.0. The maximum absolute atomic E-state index is 12.8. The second kappa shape index (κ2) is 6.58. The van der Waals surface area contributed by atoms with Gasteiger partial charge in [0.25, 0.3) is 5.56 Å². The highest BCUT2D eigenvalue weighted by molar-refractivity contribution is 6.01. The first kappa shape index (κ1) is 17.6. The number of aromatic amines is 1. The van der Waals surface area contributed by atoms with E-state index in [1.54, 1.807) is 0 Å². The SMILES string of the molecule is COc1n[nH]c(=O)c2ccc(C(=O)Cc3cc(C(F)(F)F)ccn3)cc12. The molecule has 0 saturated carbocycles. The van der Waals surface area contributed by atoms with E-state index in [9.17, 15) is 22.8 Å². The summed E-state index contributed by atoms with van der Waals surface area (Å²) in [6.07, 6.45) is -3.81. The Morgan fingerprint density at radius 3 is 2.65 bits per heavy atom. The van der Waals surface area contributed by atoms with Crippen LogP contribution in [0.5, 0.6) is 5.88 Å². The molecule has 0 saturated heterocycles. The van der Waals surface area contributed by atoms with Gasteiger partial charge < -0.3 is 4.74 Å². The van der Waals surface area contributed by atoms with Crippen molar-refractivity contribution in [2.24, 2.45) is 0 Å². The lowest BCUT2D eigenvalue weighted by Gasteiger charge is -2.08. The van der Waals surface area contributed by atoms with E-state index >= 15 is 0 Å². The molecule has 26 heavy (non-hydrogen) atoms. The summed E-state index contributed by atoms with van der Waals surface area (Å²) >= 11 is 0. The van der Waals surface area contributed by atoms with Crippen molar-refractivity contribution in [2.45, 2.75) is 12.6 Å². The fourth-order valence-corrected chi connectivity index (χ4v) is 2.49. The number of hydrogen-bond acceptors (Lipinski definition) is 5. The predicted molar refractivity (Wildman–Crippen MR) is 86.2 cm³/mol. The van der Waals surface area contributed by atoms with Crippen molar-refractivity contribution in [3.63, 3.8) is 0 Å². The number of aromatic nitrogens is 3. The molecule has 3 aromatic rings. The summed E-state index contributed by atoms with van der Waals surface area (Å²) in [5, 5.41) is 6.63. The average Bonchev–Trinajstić information content (AvgIpc) is 2.61. The number of alkyl halides is 3. The predicted octanol–water partition coefficient (Wildman–Crippen LogP) is 2.77. The Balaban J connectivity index is 1.95. The molecule has 0 bridgehead atoms. The van der Waals surface area contributed by atoms with Gasteiger partial charge in [0.05, 0.1) is 29.9 Å². The van der Waals surface area contributed by atoms with Crippen molar-refractivity contribution in [3.05, 3.63) is 63.7 Å². The molecule has 0 amide bonds. The summed E-state index contributed by atoms with van der Waals surface area (Å²) in [5.41, 5.74) is -1.10. The summed E-state index contributed by atoms with van der Waals surface area (Å²) in [6.45, 7) is 0. The largest absolute Gasteiger partial charge is 0.480 e. The fraction of sp³-hybridized carbons (Fsp3) is 0.176. The molecule has 0 radical (unpaired) electrons. The van der Waals surface area contributed by atoms with Crippen LogP contribution in [-0.4, -0.2) is 28.1 Å². The lowest BCUT2D eigenvalue weighted by atomic mass is 10.0. The van der Waals surface area contributed by atoms with E-state index < -0.39 is 23.1 Å². The van der Waals surface area contributed by atoms with Crippen LogP contribution in [0.2, 0.25) is 0 Å². The molecule has 0 spiro atoms. The quantitative estimate of drug-likeness (QED) is 0.721. The molecular weight excluding hydrogens is 351 g/mol. The molecule has 9 heteroatoms. The van der Waals surface area contributed by atoms with Gasteiger partial charge in [0.1, 0.15) is 0 Å². The minimum Gasteiger partial charge on any atom is -0.480 e. The number of pyridine rings is 1. The standard InChI is InChI=1S/C17H12F3N3O3/c1-26-16-13-6-9(2-3-12(13)15(25)22-23-16)14(24)8-11-7-10(4-5-21-11)17(18,19)20/h2-7H,8H2,1H3,(H,22,25). The number of benzene rings is 1. The number of methoxy groups -OCH3 is 1. The zero-order chi connectivity index (χ0) is 18.9. The van der Waals surface area contributed by atoms with Crippen LogP contribution >= 0.6 is 0 Å². The molecular formula is C17H12F3N3O3. The summed E-state index contributed by atoms with van der Waals surface area (Å²) in [7, 11) is 1.36. The van der Waals surface area contributed by atoms with Crippen molar-refractivity contribution in [1.82, 2.24) is 15.2 Å². The van der Waals surface area contributed by atoms with E-state index in [-0.39, 0.29) is 28.9 Å². The lowest BCUT2D eigenvalue weighted by Crippen LogP contribution is -2.12. The number of Topliss-reactive ketones (excluding diaryl/α,β-unsaturated/α-hetero) is 1. The third-order valence-corrected chi connectivity index (χ3v) is 3.75. The number of nitrogens with one attached hydrogen (secondary N) is 1. The van der Waals surface area contributed by atoms with E-state index in [1.165, 1.54) is 25.3 Å². The second-order valence-corrected chi connectivity index (χ2v) is 5.46. The zero-order valence-corrected chi connectivity index (χ0v) is 13.4. The number of H-pyrrole nitrogens is 1. The third-order valence-electron chi connectivity index (χ3n) is 3.75. The van der Waals surface area contributed by atoms with Gasteiger partial charge in [-0.05, 0) is 24.3 Å². The Kier molecular flexibility index (Phi) is 4.45. The van der Waals surface area contributed by atoms with Gasteiger partial charge in [0.15, 0.2) is 5.78 Å². The molecule has 6 nitrogen and oxygen atoms in total. The number of rotatable bonds is 4. The van der Waals surface area contributed by atoms with Crippen LogP contribution < -0.4 is 10.3 Å². The Morgan fingerprint density at radius 1 is 1.19 bits per heavy atom. The molecule has 3 rings (SSSR count). The van der Waals surface area contributed by atoms with E-state index in [2.05, 4.69) is 15.2 Å².